The van der Waals surface area contributed by atoms with E-state index in [1.54, 1.807) is 0 Å². The Hall–Kier alpha value is -1.87. The maximum absolute atomic E-state index is 12.2. The van der Waals surface area contributed by atoms with Crippen molar-refractivity contribution in [1.82, 2.24) is 19.6 Å². The van der Waals surface area contributed by atoms with E-state index in [2.05, 4.69) is 32.7 Å². The molecule has 0 spiro atoms. The van der Waals surface area contributed by atoms with Crippen LogP contribution in [0.5, 0.6) is 0 Å². The molecule has 6 N–H and O–H groups in total. The second-order valence-electron chi connectivity index (χ2n) is 7.31. The fraction of sp³-hybridized carbons (Fsp3) is 0.571. The highest BCUT2D eigenvalue weighted by atomic mass is 31.3. The molecule has 3 unspecified atom stereocenters. The van der Waals surface area contributed by atoms with E-state index in [9.17, 15) is 33.9 Å². The summed E-state index contributed by atoms with van der Waals surface area (Å²) in [6.45, 7) is 0.256. The Bertz CT molecular complexity index is 1330. The Morgan fingerprint density at radius 2 is 1.83 bits per heavy atom. The quantitative estimate of drug-likeness (QED) is 0.229. The molecule has 0 radical (unpaired) electrons. The van der Waals surface area contributed by atoms with Gasteiger partial charge < -0.3 is 35.0 Å². The molecule has 2 aromatic heterocycles. The molecule has 1 aliphatic heterocycles. The van der Waals surface area contributed by atoms with E-state index < -0.39 is 53.5 Å². The predicted molar refractivity (Wildman–Crippen MR) is 113 cm³/mol. The molecule has 0 saturated carbocycles. The number of imidazole rings is 1. The van der Waals surface area contributed by atoms with Crippen LogP contribution >= 0.6 is 23.5 Å². The first-order chi connectivity index (χ1) is 16.6. The average Bonchev–Trinajstić information content (AvgIpc) is 3.31. The van der Waals surface area contributed by atoms with E-state index in [0.29, 0.717) is 7.11 Å². The number of phosphoric acid groups is 3. The van der Waals surface area contributed by atoms with Gasteiger partial charge in [0.2, 0.25) is 5.79 Å². The first-order valence-electron chi connectivity index (χ1n) is 9.45. The van der Waals surface area contributed by atoms with Gasteiger partial charge in [0.1, 0.15) is 29.6 Å². The number of anilines is 1. The molecule has 1 saturated heterocycles. The molecule has 3 heterocycles. The first-order valence-corrected chi connectivity index (χ1v) is 13.9. The van der Waals surface area contributed by atoms with E-state index in [-0.39, 0.29) is 17.2 Å². The Morgan fingerprint density at radius 3 is 2.42 bits per heavy atom. The number of nitrogens with zero attached hydrogens (tertiary/aromatic N) is 5. The lowest BCUT2D eigenvalue weighted by molar-refractivity contribution is -0.258. The number of aromatic nitrogens is 4. The van der Waals surface area contributed by atoms with Gasteiger partial charge in [0.15, 0.2) is 11.5 Å². The van der Waals surface area contributed by atoms with Crippen LogP contribution in [0.15, 0.2) is 12.5 Å². The van der Waals surface area contributed by atoms with E-state index in [0.717, 1.165) is 18.0 Å². The van der Waals surface area contributed by atoms with Crippen molar-refractivity contribution < 1.29 is 60.6 Å². The van der Waals surface area contributed by atoms with Crippen LogP contribution in [0.2, 0.25) is 0 Å². The highest BCUT2D eigenvalue weighted by Gasteiger charge is 2.67. The minimum Gasteiger partial charge on any atom is -0.388 e. The van der Waals surface area contributed by atoms with Crippen LogP contribution in [-0.4, -0.2) is 72.4 Å². The Morgan fingerprint density at radius 1 is 1.19 bits per heavy atom. The number of methoxy groups -OCH3 is 1. The fourth-order valence-electron chi connectivity index (χ4n) is 3.48. The SMILES string of the molecule is CO[C@@]1(c2cnc3c(N)ncnn23)O[C@H](COP(=O)(O)OP(=O)(O)OP(=O)(O)OC)[C@@H](O)[C@@]1(C)C#N. The van der Waals surface area contributed by atoms with Crippen molar-refractivity contribution in [3.8, 4) is 6.07 Å². The van der Waals surface area contributed by atoms with Gasteiger partial charge in [0.05, 0.1) is 18.9 Å². The number of phosphoric ester groups is 2. The van der Waals surface area contributed by atoms with Gasteiger partial charge >= 0.3 is 23.5 Å². The number of aliphatic hydroxyl groups excluding tert-OH is 1. The van der Waals surface area contributed by atoms with Crippen LogP contribution in [0.3, 0.4) is 0 Å². The third-order valence-electron chi connectivity index (χ3n) is 5.18. The van der Waals surface area contributed by atoms with Crippen LogP contribution < -0.4 is 5.73 Å². The maximum atomic E-state index is 12.2. The second-order valence-corrected chi connectivity index (χ2v) is 12.0. The van der Waals surface area contributed by atoms with Gasteiger partial charge in [-0.25, -0.2) is 28.2 Å². The van der Waals surface area contributed by atoms with Crippen LogP contribution in [0, 0.1) is 16.7 Å². The molecule has 1 fully saturated rings. The maximum Gasteiger partial charge on any atom is 0.490 e. The van der Waals surface area contributed by atoms with E-state index in [1.165, 1.54) is 13.1 Å². The third kappa shape index (κ3) is 5.10. The highest BCUT2D eigenvalue weighted by molar-refractivity contribution is 7.66. The van der Waals surface area contributed by atoms with Gasteiger partial charge in [0, 0.05) is 14.2 Å². The molecule has 0 amide bonds. The van der Waals surface area contributed by atoms with Gasteiger partial charge in [-0.05, 0) is 6.92 Å². The van der Waals surface area contributed by atoms with E-state index in [1.807, 2.05) is 6.07 Å². The first kappa shape index (κ1) is 28.7. The molecule has 3 rings (SSSR count). The molecule has 200 valence electrons. The zero-order chi connectivity index (χ0) is 27.2. The molecular formula is C14H21N6O13P3. The average molecular weight is 574 g/mol. The Labute approximate surface area is 202 Å². The summed E-state index contributed by atoms with van der Waals surface area (Å²) in [6, 6.07) is 1.89. The summed E-state index contributed by atoms with van der Waals surface area (Å²) >= 11 is 0. The number of nitriles is 1. The van der Waals surface area contributed by atoms with E-state index >= 15 is 0 Å². The molecule has 0 aliphatic carbocycles. The number of fused-ring (bicyclic) bond motifs is 1. The van der Waals surface area contributed by atoms with Crippen molar-refractivity contribution in [2.45, 2.75) is 24.9 Å². The lowest BCUT2D eigenvalue weighted by Gasteiger charge is -2.36. The molecular weight excluding hydrogens is 553 g/mol. The zero-order valence-corrected chi connectivity index (χ0v) is 21.3. The highest BCUT2D eigenvalue weighted by Crippen LogP contribution is 2.67. The minimum atomic E-state index is -5.66. The lowest BCUT2D eigenvalue weighted by Crippen LogP contribution is -2.47. The number of aliphatic hydroxyl groups is 1. The molecule has 0 bridgehead atoms. The largest absolute Gasteiger partial charge is 0.490 e. The summed E-state index contributed by atoms with van der Waals surface area (Å²) in [5.41, 5.74) is 3.94. The lowest BCUT2D eigenvalue weighted by atomic mass is 9.77. The van der Waals surface area contributed by atoms with Crippen molar-refractivity contribution in [3.05, 3.63) is 18.2 Å². The second kappa shape index (κ2) is 9.78. The summed E-state index contributed by atoms with van der Waals surface area (Å²) in [6.07, 6.45) is -1.03. The molecule has 36 heavy (non-hydrogen) atoms. The van der Waals surface area contributed by atoms with Crippen molar-refractivity contribution >= 4 is 34.9 Å². The molecule has 19 nitrogen and oxygen atoms in total. The molecule has 0 aromatic carbocycles. The van der Waals surface area contributed by atoms with Crippen molar-refractivity contribution in [2.75, 3.05) is 26.6 Å². The van der Waals surface area contributed by atoms with Gasteiger partial charge in [-0.2, -0.15) is 19.0 Å². The molecule has 22 heteroatoms. The van der Waals surface area contributed by atoms with Crippen LogP contribution in [-0.2, 0) is 46.6 Å². The summed E-state index contributed by atoms with van der Waals surface area (Å²) in [5.74, 6) is -2.11. The smallest absolute Gasteiger partial charge is 0.388 e. The van der Waals surface area contributed by atoms with Crippen molar-refractivity contribution in [1.29, 1.82) is 5.26 Å². The standard InChI is InChI=1S/C14H21N6O13P3/c1-13(6-15)10(21)8(5-30-35(24,25)33-36(26,27)32-34(22,23)29-3)31-14(13,28-2)9-4-17-12-11(16)18-7-19-20(9)12/h4,7-8,10,21H,5H2,1-3H3,(H,22,23)(H,24,25)(H,26,27)(H2,16,18,19)/t8-,10-,13-,14+/m1/s1. The molecule has 1 aliphatic rings. The number of nitrogens with two attached hydrogens (primary N) is 1. The number of ether oxygens (including phenoxy) is 2. The van der Waals surface area contributed by atoms with Crippen LogP contribution in [0.4, 0.5) is 5.82 Å². The topological polar surface area (TPSA) is 280 Å². The van der Waals surface area contributed by atoms with Crippen LogP contribution in [0.1, 0.15) is 12.6 Å². The van der Waals surface area contributed by atoms with Crippen molar-refractivity contribution in [2.24, 2.45) is 5.41 Å². The fourth-order valence-corrected chi connectivity index (χ4v) is 6.75. The Kier molecular flexibility index (Phi) is 7.80. The van der Waals surface area contributed by atoms with Gasteiger partial charge in [-0.1, -0.05) is 0 Å². The van der Waals surface area contributed by atoms with Gasteiger partial charge in [-0.3, -0.25) is 9.05 Å². The zero-order valence-electron chi connectivity index (χ0n) is 18.6. The van der Waals surface area contributed by atoms with Gasteiger partial charge in [-0.15, -0.1) is 0 Å². The summed E-state index contributed by atoms with van der Waals surface area (Å²) in [5, 5.41) is 24.8. The predicted octanol–water partition coefficient (Wildman–Crippen LogP) is -0.207. The van der Waals surface area contributed by atoms with Gasteiger partial charge in [0.25, 0.3) is 0 Å². The number of nitrogen functional groups attached to an aromatic ring is 1. The molecule has 2 aromatic rings. The number of hydrogen-bond acceptors (Lipinski definition) is 15. The summed E-state index contributed by atoms with van der Waals surface area (Å²) in [7, 11) is -14.4. The minimum absolute atomic E-state index is 0.00495. The normalized spacial score (nSPS) is 31.4. The third-order valence-corrected chi connectivity index (χ3v) is 9.42. The van der Waals surface area contributed by atoms with Crippen LogP contribution in [0.25, 0.3) is 5.65 Å². The summed E-state index contributed by atoms with van der Waals surface area (Å²) in [4.78, 5) is 36.2. The monoisotopic (exact) mass is 574 g/mol. The Balaban J connectivity index is 1.88. The number of hydrogen-bond donors (Lipinski definition) is 5. The van der Waals surface area contributed by atoms with E-state index in [4.69, 9.17) is 20.1 Å². The number of rotatable bonds is 10. The van der Waals surface area contributed by atoms with Crippen molar-refractivity contribution in [3.63, 3.8) is 0 Å². The summed E-state index contributed by atoms with van der Waals surface area (Å²) < 4.78 is 64.0. The molecule has 7 atom stereocenters.